The fourth-order valence-electron chi connectivity index (χ4n) is 5.38. The molecule has 1 aromatic carbocycles. The van der Waals surface area contributed by atoms with Gasteiger partial charge in [-0.1, -0.05) is 12.1 Å². The Morgan fingerprint density at radius 1 is 1.28 bits per heavy atom. The van der Waals surface area contributed by atoms with E-state index in [4.69, 9.17) is 25.8 Å². The van der Waals surface area contributed by atoms with Crippen LogP contribution in [0.2, 0.25) is 0 Å². The highest BCUT2D eigenvalue weighted by Gasteiger charge is 2.62. The van der Waals surface area contributed by atoms with Crippen LogP contribution < -0.4 is 9.47 Å². The molecule has 1 fully saturated rings. The van der Waals surface area contributed by atoms with Crippen molar-refractivity contribution in [2.75, 3.05) is 33.2 Å². The van der Waals surface area contributed by atoms with Crippen LogP contribution in [0.25, 0.3) is 0 Å². The molecule has 132 valence electrons. The number of hydrogen-bond acceptors (Lipinski definition) is 4. The second kappa shape index (κ2) is 5.42. The molecule has 0 amide bonds. The van der Waals surface area contributed by atoms with Crippen molar-refractivity contribution in [2.24, 2.45) is 0 Å². The summed E-state index contributed by atoms with van der Waals surface area (Å²) in [6.07, 6.45) is 6.27. The molecular formula is C20H22ClNO3. The van der Waals surface area contributed by atoms with E-state index in [1.807, 2.05) is 6.07 Å². The van der Waals surface area contributed by atoms with Gasteiger partial charge in [-0.25, -0.2) is 0 Å². The third-order valence-electron chi connectivity index (χ3n) is 6.37. The van der Waals surface area contributed by atoms with E-state index in [0.29, 0.717) is 11.9 Å². The predicted octanol–water partition coefficient (Wildman–Crippen LogP) is 3.03. The van der Waals surface area contributed by atoms with Crippen LogP contribution in [0.1, 0.15) is 17.5 Å². The number of halogens is 1. The van der Waals surface area contributed by atoms with Gasteiger partial charge in [0.1, 0.15) is 5.76 Å². The van der Waals surface area contributed by atoms with Gasteiger partial charge >= 0.3 is 0 Å². The molecule has 4 nitrogen and oxygen atoms in total. The van der Waals surface area contributed by atoms with Gasteiger partial charge in [-0.2, -0.15) is 0 Å². The fourth-order valence-corrected chi connectivity index (χ4v) is 5.59. The predicted molar refractivity (Wildman–Crippen MR) is 96.7 cm³/mol. The number of piperidine rings is 1. The highest BCUT2D eigenvalue weighted by Crippen LogP contribution is 2.62. The maximum Gasteiger partial charge on any atom is 0.169 e. The molecule has 5 heteroatoms. The van der Waals surface area contributed by atoms with Crippen LogP contribution in [0, 0.1) is 0 Å². The minimum atomic E-state index is -0.120. The molecule has 0 saturated carbocycles. The molecule has 3 atom stereocenters. The fraction of sp³-hybridized carbons (Fsp3) is 0.500. The van der Waals surface area contributed by atoms with Crippen molar-refractivity contribution in [3.8, 4) is 11.5 Å². The zero-order chi connectivity index (χ0) is 17.2. The molecule has 2 heterocycles. The van der Waals surface area contributed by atoms with Gasteiger partial charge in [-0.05, 0) is 36.1 Å². The Kier molecular flexibility index (Phi) is 3.38. The van der Waals surface area contributed by atoms with E-state index in [-0.39, 0.29) is 11.5 Å². The van der Waals surface area contributed by atoms with Crippen molar-refractivity contribution in [2.45, 2.75) is 30.4 Å². The quantitative estimate of drug-likeness (QED) is 0.773. The van der Waals surface area contributed by atoms with Gasteiger partial charge in [-0.3, -0.25) is 4.90 Å². The number of methoxy groups -OCH3 is 2. The first-order chi connectivity index (χ1) is 12.2. The lowest BCUT2D eigenvalue weighted by Gasteiger charge is -2.53. The molecule has 2 bridgehead atoms. The average molecular weight is 360 g/mol. The van der Waals surface area contributed by atoms with Gasteiger partial charge in [-0.15, -0.1) is 11.6 Å². The summed E-state index contributed by atoms with van der Waals surface area (Å²) in [5.41, 5.74) is 4.03. The van der Waals surface area contributed by atoms with E-state index >= 15 is 0 Å². The molecule has 1 saturated heterocycles. The zero-order valence-corrected chi connectivity index (χ0v) is 15.3. The number of rotatable bonds is 4. The Labute approximate surface area is 153 Å². The number of allylic oxidation sites excluding steroid dienone is 2. The lowest BCUT2D eigenvalue weighted by molar-refractivity contribution is 0.0666. The van der Waals surface area contributed by atoms with Crippen molar-refractivity contribution in [3.63, 3.8) is 0 Å². The van der Waals surface area contributed by atoms with Crippen LogP contribution in [-0.4, -0.2) is 50.2 Å². The highest BCUT2D eigenvalue weighted by atomic mass is 35.5. The number of ether oxygens (including phenoxy) is 3. The molecule has 25 heavy (non-hydrogen) atoms. The summed E-state index contributed by atoms with van der Waals surface area (Å²) in [6, 6.07) is 4.64. The SMILES string of the molecule is COC1=CC=C2[C@@H]3Cc4ccc(OC)c5c4[C@]2(CCN3CCCl)[C@H]1O5. The van der Waals surface area contributed by atoms with Crippen molar-refractivity contribution in [3.05, 3.63) is 46.7 Å². The maximum atomic E-state index is 6.50. The van der Waals surface area contributed by atoms with Gasteiger partial charge in [0.15, 0.2) is 17.6 Å². The molecule has 2 aliphatic heterocycles. The summed E-state index contributed by atoms with van der Waals surface area (Å²) >= 11 is 6.08. The maximum absolute atomic E-state index is 6.50. The average Bonchev–Trinajstić information content (AvgIpc) is 2.98. The first kappa shape index (κ1) is 15.6. The third kappa shape index (κ3) is 1.82. The minimum absolute atomic E-state index is 0.0940. The van der Waals surface area contributed by atoms with Gasteiger partial charge < -0.3 is 14.2 Å². The Morgan fingerprint density at radius 3 is 2.92 bits per heavy atom. The van der Waals surface area contributed by atoms with Crippen molar-refractivity contribution in [1.29, 1.82) is 0 Å². The lowest BCUT2D eigenvalue weighted by Crippen LogP contribution is -2.59. The first-order valence-electron chi connectivity index (χ1n) is 8.88. The summed E-state index contributed by atoms with van der Waals surface area (Å²) in [7, 11) is 3.44. The van der Waals surface area contributed by atoms with E-state index in [1.54, 1.807) is 14.2 Å². The summed E-state index contributed by atoms with van der Waals surface area (Å²) in [5.74, 6) is 3.29. The molecule has 0 N–H and O–H groups in total. The smallest absolute Gasteiger partial charge is 0.169 e. The van der Waals surface area contributed by atoms with Crippen molar-refractivity contribution < 1.29 is 14.2 Å². The summed E-state index contributed by atoms with van der Waals surface area (Å²) < 4.78 is 17.8. The van der Waals surface area contributed by atoms with Crippen LogP contribution in [0.4, 0.5) is 0 Å². The van der Waals surface area contributed by atoms with E-state index in [1.165, 1.54) is 16.7 Å². The van der Waals surface area contributed by atoms with Gasteiger partial charge in [0, 0.05) is 30.6 Å². The van der Waals surface area contributed by atoms with E-state index < -0.39 is 0 Å². The van der Waals surface area contributed by atoms with Crippen LogP contribution in [0.3, 0.4) is 0 Å². The van der Waals surface area contributed by atoms with E-state index in [9.17, 15) is 0 Å². The highest BCUT2D eigenvalue weighted by molar-refractivity contribution is 6.18. The monoisotopic (exact) mass is 359 g/mol. The standard InChI is InChI=1S/C20H22ClNO3/c1-23-15-5-3-12-11-14-13-4-6-16(24-2)19-20(13,17(12)18(15)25-19)7-9-22(14)10-8-21/h3-6,14,19H,7-11H2,1-2H3/t14-,19-,20+/m0/s1. The molecule has 0 unspecified atom stereocenters. The van der Waals surface area contributed by atoms with E-state index in [0.717, 1.165) is 43.2 Å². The zero-order valence-electron chi connectivity index (χ0n) is 14.5. The molecule has 1 spiro atoms. The second-order valence-electron chi connectivity index (χ2n) is 7.19. The van der Waals surface area contributed by atoms with Crippen LogP contribution in [-0.2, 0) is 16.6 Å². The number of nitrogens with zero attached hydrogens (tertiary/aromatic N) is 1. The number of likely N-dealkylation sites (tertiary alicyclic amines) is 1. The molecular weight excluding hydrogens is 338 g/mol. The first-order valence-corrected chi connectivity index (χ1v) is 9.41. The van der Waals surface area contributed by atoms with Crippen LogP contribution in [0.5, 0.6) is 11.5 Å². The topological polar surface area (TPSA) is 30.9 Å². The Bertz CT molecular complexity index is 802. The summed E-state index contributed by atoms with van der Waals surface area (Å²) in [6.45, 7) is 1.95. The number of hydrogen-bond donors (Lipinski definition) is 0. The Hall–Kier alpha value is -1.65. The number of benzene rings is 1. The normalized spacial score (nSPS) is 31.6. The third-order valence-corrected chi connectivity index (χ3v) is 6.54. The molecule has 2 aliphatic carbocycles. The lowest BCUT2D eigenvalue weighted by atomic mass is 9.57. The van der Waals surface area contributed by atoms with Gasteiger partial charge in [0.05, 0.1) is 19.6 Å². The van der Waals surface area contributed by atoms with Gasteiger partial charge in [0.2, 0.25) is 0 Å². The number of alkyl halides is 1. The Balaban J connectivity index is 1.76. The molecule has 0 radical (unpaired) electrons. The summed E-state index contributed by atoms with van der Waals surface area (Å²) in [5, 5.41) is 0. The Morgan fingerprint density at radius 2 is 2.16 bits per heavy atom. The van der Waals surface area contributed by atoms with Crippen molar-refractivity contribution in [1.82, 2.24) is 4.90 Å². The minimum Gasteiger partial charge on any atom is -0.497 e. The second-order valence-corrected chi connectivity index (χ2v) is 7.57. The van der Waals surface area contributed by atoms with E-state index in [2.05, 4.69) is 23.1 Å². The molecule has 0 aromatic heterocycles. The largest absolute Gasteiger partial charge is 0.497 e. The van der Waals surface area contributed by atoms with Crippen molar-refractivity contribution >= 4 is 11.6 Å². The molecule has 5 rings (SSSR count). The molecule has 4 aliphatic rings. The van der Waals surface area contributed by atoms with Crippen LogP contribution in [0.15, 0.2) is 35.6 Å². The molecule has 1 aromatic rings. The summed E-state index contributed by atoms with van der Waals surface area (Å²) in [4.78, 5) is 2.53. The van der Waals surface area contributed by atoms with Crippen LogP contribution >= 0.6 is 11.6 Å². The van der Waals surface area contributed by atoms with Gasteiger partial charge in [0.25, 0.3) is 0 Å².